The Labute approximate surface area is 162 Å². The maximum atomic E-state index is 12.1. The summed E-state index contributed by atoms with van der Waals surface area (Å²) in [4.78, 5) is 12.1. The summed E-state index contributed by atoms with van der Waals surface area (Å²) in [6, 6.07) is 17.1. The zero-order valence-corrected chi connectivity index (χ0v) is 15.9. The van der Waals surface area contributed by atoms with Crippen LogP contribution in [0, 0.1) is 0 Å². The van der Waals surface area contributed by atoms with Crippen LogP contribution in [0.1, 0.15) is 5.56 Å². The fraction of sp³-hybridized carbons (Fsp3) is 0.190. The molecule has 5 nitrogen and oxygen atoms in total. The molecule has 3 aromatic carbocycles. The fourth-order valence-corrected chi connectivity index (χ4v) is 2.90. The van der Waals surface area contributed by atoms with Crippen molar-refractivity contribution in [3.8, 4) is 17.2 Å². The summed E-state index contributed by atoms with van der Waals surface area (Å²) in [5.41, 5.74) is 0.730. The van der Waals surface area contributed by atoms with Crippen molar-refractivity contribution in [2.75, 3.05) is 20.8 Å². The molecule has 0 saturated carbocycles. The Morgan fingerprint density at radius 1 is 0.963 bits per heavy atom. The van der Waals surface area contributed by atoms with E-state index in [4.69, 9.17) is 25.8 Å². The van der Waals surface area contributed by atoms with E-state index >= 15 is 0 Å². The number of methoxy groups -OCH3 is 2. The van der Waals surface area contributed by atoms with Gasteiger partial charge in [-0.15, -0.1) is 0 Å². The summed E-state index contributed by atoms with van der Waals surface area (Å²) in [5, 5.41) is 5.47. The van der Waals surface area contributed by atoms with Crippen LogP contribution in [0.2, 0.25) is 5.02 Å². The minimum atomic E-state index is -0.242. The van der Waals surface area contributed by atoms with Crippen molar-refractivity contribution in [2.24, 2.45) is 0 Å². The van der Waals surface area contributed by atoms with Crippen LogP contribution in [-0.2, 0) is 11.3 Å². The maximum Gasteiger partial charge on any atom is 0.258 e. The zero-order chi connectivity index (χ0) is 19.2. The molecule has 0 radical (unpaired) electrons. The molecule has 3 aromatic rings. The number of nitrogens with one attached hydrogen (secondary N) is 1. The van der Waals surface area contributed by atoms with Crippen LogP contribution in [0.3, 0.4) is 0 Å². The molecule has 0 fully saturated rings. The fourth-order valence-electron chi connectivity index (χ4n) is 2.68. The molecule has 0 atom stereocenters. The molecule has 0 aliphatic rings. The first-order chi connectivity index (χ1) is 13.1. The first-order valence-corrected chi connectivity index (χ1v) is 8.77. The van der Waals surface area contributed by atoms with Gasteiger partial charge in [0.25, 0.3) is 5.91 Å². The van der Waals surface area contributed by atoms with Crippen LogP contribution in [0.15, 0.2) is 54.6 Å². The highest BCUT2D eigenvalue weighted by molar-refractivity contribution is 6.31. The van der Waals surface area contributed by atoms with Crippen LogP contribution in [-0.4, -0.2) is 26.7 Å². The third-order valence-corrected chi connectivity index (χ3v) is 4.47. The number of rotatable bonds is 7. The number of hydrogen-bond donors (Lipinski definition) is 1. The highest BCUT2D eigenvalue weighted by Crippen LogP contribution is 2.33. The number of benzene rings is 3. The van der Waals surface area contributed by atoms with Crippen molar-refractivity contribution in [1.29, 1.82) is 0 Å². The lowest BCUT2D eigenvalue weighted by Crippen LogP contribution is -2.28. The molecule has 0 saturated heterocycles. The summed E-state index contributed by atoms with van der Waals surface area (Å²) < 4.78 is 16.0. The van der Waals surface area contributed by atoms with E-state index in [9.17, 15) is 4.79 Å². The van der Waals surface area contributed by atoms with Gasteiger partial charge in [-0.3, -0.25) is 4.79 Å². The van der Waals surface area contributed by atoms with E-state index in [1.54, 1.807) is 26.4 Å². The minimum absolute atomic E-state index is 0.0801. The second-order valence-electron chi connectivity index (χ2n) is 5.87. The lowest BCUT2D eigenvalue weighted by Gasteiger charge is -2.13. The van der Waals surface area contributed by atoms with E-state index in [1.165, 1.54) is 0 Å². The standard InChI is InChI=1S/C21H20ClNO4/c1-25-19-10-16(18(22)11-20(19)26-2)12-23-21(24)13-27-17-8-7-14-5-3-4-6-15(14)9-17/h3-11H,12-13H2,1-2H3,(H,23,24). The Balaban J connectivity index is 1.58. The van der Waals surface area contributed by atoms with Gasteiger partial charge >= 0.3 is 0 Å². The van der Waals surface area contributed by atoms with Gasteiger partial charge in [0.05, 0.1) is 14.2 Å². The zero-order valence-electron chi connectivity index (χ0n) is 15.1. The van der Waals surface area contributed by atoms with E-state index in [2.05, 4.69) is 5.32 Å². The Morgan fingerprint density at radius 2 is 1.67 bits per heavy atom. The molecule has 1 amide bonds. The van der Waals surface area contributed by atoms with Crippen LogP contribution < -0.4 is 19.5 Å². The molecular formula is C21H20ClNO4. The third-order valence-electron chi connectivity index (χ3n) is 4.12. The Hall–Kier alpha value is -2.92. The van der Waals surface area contributed by atoms with Crippen LogP contribution in [0.25, 0.3) is 10.8 Å². The monoisotopic (exact) mass is 385 g/mol. The van der Waals surface area contributed by atoms with Crippen molar-refractivity contribution in [2.45, 2.75) is 6.54 Å². The largest absolute Gasteiger partial charge is 0.493 e. The summed E-state index contributed by atoms with van der Waals surface area (Å²) in [6.45, 7) is 0.183. The average molecular weight is 386 g/mol. The number of amides is 1. The molecule has 0 unspecified atom stereocenters. The lowest BCUT2D eigenvalue weighted by atomic mass is 10.1. The van der Waals surface area contributed by atoms with Crippen molar-refractivity contribution < 1.29 is 19.0 Å². The Morgan fingerprint density at radius 3 is 2.41 bits per heavy atom. The number of halogens is 1. The van der Waals surface area contributed by atoms with Gasteiger partial charge in [0.15, 0.2) is 18.1 Å². The second kappa shape index (κ2) is 8.64. The third kappa shape index (κ3) is 4.63. The highest BCUT2D eigenvalue weighted by atomic mass is 35.5. The van der Waals surface area contributed by atoms with Crippen LogP contribution >= 0.6 is 11.6 Å². The SMILES string of the molecule is COc1cc(Cl)c(CNC(=O)COc2ccc3ccccc3c2)cc1OC. The maximum absolute atomic E-state index is 12.1. The summed E-state index contributed by atoms with van der Waals surface area (Å²) in [5.74, 6) is 1.50. The molecule has 0 aliphatic carbocycles. The Bertz CT molecular complexity index is 958. The van der Waals surface area contributed by atoms with E-state index in [0.29, 0.717) is 22.3 Å². The topological polar surface area (TPSA) is 56.8 Å². The lowest BCUT2D eigenvalue weighted by molar-refractivity contribution is -0.123. The van der Waals surface area contributed by atoms with E-state index in [-0.39, 0.29) is 19.1 Å². The summed E-state index contributed by atoms with van der Waals surface area (Å²) >= 11 is 6.23. The molecule has 0 spiro atoms. The van der Waals surface area contributed by atoms with Gasteiger partial charge in [-0.05, 0) is 34.5 Å². The molecule has 0 bridgehead atoms. The van der Waals surface area contributed by atoms with Gasteiger partial charge in [0, 0.05) is 17.6 Å². The van der Waals surface area contributed by atoms with Crippen molar-refractivity contribution in [1.82, 2.24) is 5.32 Å². The normalized spacial score (nSPS) is 10.5. The quantitative estimate of drug-likeness (QED) is 0.662. The van der Waals surface area contributed by atoms with E-state index in [0.717, 1.165) is 16.3 Å². The molecule has 0 heterocycles. The van der Waals surface area contributed by atoms with E-state index in [1.807, 2.05) is 42.5 Å². The molecule has 1 N–H and O–H groups in total. The highest BCUT2D eigenvalue weighted by Gasteiger charge is 2.11. The molecule has 0 aromatic heterocycles. The molecule has 140 valence electrons. The molecular weight excluding hydrogens is 366 g/mol. The number of carbonyl (C=O) groups is 1. The van der Waals surface area contributed by atoms with E-state index < -0.39 is 0 Å². The smallest absolute Gasteiger partial charge is 0.258 e. The van der Waals surface area contributed by atoms with Gasteiger partial charge in [0.1, 0.15) is 5.75 Å². The summed E-state index contributed by atoms with van der Waals surface area (Å²) in [6.07, 6.45) is 0. The average Bonchev–Trinajstić information content (AvgIpc) is 2.70. The number of hydrogen-bond acceptors (Lipinski definition) is 4. The first kappa shape index (κ1) is 18.9. The van der Waals surface area contributed by atoms with Gasteiger partial charge < -0.3 is 19.5 Å². The van der Waals surface area contributed by atoms with Crippen molar-refractivity contribution in [3.63, 3.8) is 0 Å². The van der Waals surface area contributed by atoms with Gasteiger partial charge in [-0.25, -0.2) is 0 Å². The second-order valence-corrected chi connectivity index (χ2v) is 6.28. The predicted octanol–water partition coefficient (Wildman–Crippen LogP) is 4.21. The Kier molecular flexibility index (Phi) is 6.04. The number of ether oxygens (including phenoxy) is 3. The van der Waals surface area contributed by atoms with Gasteiger partial charge in [-0.1, -0.05) is 41.9 Å². The van der Waals surface area contributed by atoms with Gasteiger partial charge in [-0.2, -0.15) is 0 Å². The number of carbonyl (C=O) groups excluding carboxylic acids is 1. The molecule has 27 heavy (non-hydrogen) atoms. The number of fused-ring (bicyclic) bond motifs is 1. The summed E-state index contributed by atoms with van der Waals surface area (Å²) in [7, 11) is 3.09. The molecule has 6 heteroatoms. The molecule has 0 aliphatic heterocycles. The minimum Gasteiger partial charge on any atom is -0.493 e. The predicted molar refractivity (Wildman–Crippen MR) is 106 cm³/mol. The van der Waals surface area contributed by atoms with Crippen LogP contribution in [0.5, 0.6) is 17.2 Å². The first-order valence-electron chi connectivity index (χ1n) is 8.39. The van der Waals surface area contributed by atoms with Crippen LogP contribution in [0.4, 0.5) is 0 Å². The van der Waals surface area contributed by atoms with Crippen molar-refractivity contribution >= 4 is 28.3 Å². The van der Waals surface area contributed by atoms with Gasteiger partial charge in [0.2, 0.25) is 0 Å². The van der Waals surface area contributed by atoms with Crippen molar-refractivity contribution in [3.05, 3.63) is 65.2 Å². The molecule has 3 rings (SSSR count).